The molecule has 0 saturated carbocycles. The minimum atomic E-state index is -4.21. The number of halogens is 3. The molecule has 0 aliphatic rings. The Morgan fingerprint density at radius 2 is 2.06 bits per heavy atom. The van der Waals surface area contributed by atoms with Gasteiger partial charge in [0.1, 0.15) is 0 Å². The first-order valence-corrected chi connectivity index (χ1v) is 4.91. The standard InChI is InChI=1S/C9H17F3N2O2/c1-7(5-9(10,11)12)14-6-8(15)13-3-4-16-2/h7,14H,3-6H2,1-2H3,(H,13,15). The summed E-state index contributed by atoms with van der Waals surface area (Å²) in [5.74, 6) is -0.342. The highest BCUT2D eigenvalue weighted by molar-refractivity contribution is 5.77. The van der Waals surface area contributed by atoms with E-state index in [-0.39, 0.29) is 12.5 Å². The van der Waals surface area contributed by atoms with Crippen LogP contribution in [0.25, 0.3) is 0 Å². The Morgan fingerprint density at radius 1 is 1.44 bits per heavy atom. The maximum atomic E-state index is 11.9. The molecule has 0 fully saturated rings. The number of alkyl halides is 3. The van der Waals surface area contributed by atoms with Gasteiger partial charge >= 0.3 is 6.18 Å². The van der Waals surface area contributed by atoms with Crippen LogP contribution in [0.15, 0.2) is 0 Å². The van der Waals surface area contributed by atoms with Gasteiger partial charge in [0.25, 0.3) is 0 Å². The SMILES string of the molecule is COCCNC(=O)CNC(C)CC(F)(F)F. The number of hydrogen-bond donors (Lipinski definition) is 2. The molecule has 0 spiro atoms. The van der Waals surface area contributed by atoms with Gasteiger partial charge in [-0.25, -0.2) is 0 Å². The molecule has 0 aliphatic carbocycles. The molecule has 0 bridgehead atoms. The van der Waals surface area contributed by atoms with Crippen molar-refractivity contribution in [2.24, 2.45) is 0 Å². The molecule has 0 saturated heterocycles. The van der Waals surface area contributed by atoms with Gasteiger partial charge in [0.05, 0.1) is 19.6 Å². The average Bonchev–Trinajstić information content (AvgIpc) is 2.12. The highest BCUT2D eigenvalue weighted by Gasteiger charge is 2.29. The predicted octanol–water partition coefficient (Wildman–Crippen LogP) is 0.679. The molecule has 4 nitrogen and oxygen atoms in total. The van der Waals surface area contributed by atoms with E-state index in [9.17, 15) is 18.0 Å². The molecule has 2 N–H and O–H groups in total. The molecule has 0 aromatic heterocycles. The summed E-state index contributed by atoms with van der Waals surface area (Å²) >= 11 is 0. The monoisotopic (exact) mass is 242 g/mol. The predicted molar refractivity (Wildman–Crippen MR) is 53.0 cm³/mol. The van der Waals surface area contributed by atoms with Gasteiger partial charge in [0.15, 0.2) is 0 Å². The molecule has 1 atom stereocenters. The lowest BCUT2D eigenvalue weighted by molar-refractivity contribution is -0.139. The van der Waals surface area contributed by atoms with Gasteiger partial charge < -0.3 is 15.4 Å². The van der Waals surface area contributed by atoms with Crippen LogP contribution in [-0.4, -0.2) is 44.9 Å². The first kappa shape index (κ1) is 15.2. The van der Waals surface area contributed by atoms with Crippen molar-refractivity contribution < 1.29 is 22.7 Å². The first-order valence-electron chi connectivity index (χ1n) is 4.91. The zero-order valence-electron chi connectivity index (χ0n) is 9.36. The van der Waals surface area contributed by atoms with E-state index in [1.165, 1.54) is 14.0 Å². The summed E-state index contributed by atoms with van der Waals surface area (Å²) in [5.41, 5.74) is 0. The van der Waals surface area contributed by atoms with E-state index in [1.54, 1.807) is 0 Å². The van der Waals surface area contributed by atoms with Crippen LogP contribution in [0.3, 0.4) is 0 Å². The van der Waals surface area contributed by atoms with Crippen molar-refractivity contribution in [2.45, 2.75) is 25.6 Å². The zero-order valence-corrected chi connectivity index (χ0v) is 9.36. The van der Waals surface area contributed by atoms with E-state index in [1.807, 2.05) is 0 Å². The van der Waals surface area contributed by atoms with Gasteiger partial charge in [-0.15, -0.1) is 0 Å². The smallest absolute Gasteiger partial charge is 0.383 e. The Morgan fingerprint density at radius 3 is 2.56 bits per heavy atom. The number of amides is 1. The molecule has 96 valence electrons. The van der Waals surface area contributed by atoms with Crippen LogP contribution in [0.2, 0.25) is 0 Å². The summed E-state index contributed by atoms with van der Waals surface area (Å²) in [4.78, 5) is 11.1. The summed E-state index contributed by atoms with van der Waals surface area (Å²) in [6, 6.07) is -0.770. The topological polar surface area (TPSA) is 50.4 Å². The number of carbonyl (C=O) groups excluding carboxylic acids is 1. The van der Waals surface area contributed by atoms with Crippen molar-refractivity contribution in [1.82, 2.24) is 10.6 Å². The van der Waals surface area contributed by atoms with Gasteiger partial charge in [-0.05, 0) is 6.92 Å². The second-order valence-electron chi connectivity index (χ2n) is 3.44. The summed E-state index contributed by atoms with van der Waals surface area (Å²) < 4.78 is 40.5. The number of methoxy groups -OCH3 is 1. The molecule has 0 aliphatic heterocycles. The summed E-state index contributed by atoms with van der Waals surface area (Å²) in [6.07, 6.45) is -5.16. The third-order valence-electron chi connectivity index (χ3n) is 1.78. The van der Waals surface area contributed by atoms with Crippen LogP contribution in [0, 0.1) is 0 Å². The molecule has 7 heteroatoms. The van der Waals surface area contributed by atoms with E-state index in [0.717, 1.165) is 0 Å². The van der Waals surface area contributed by atoms with E-state index in [2.05, 4.69) is 10.6 Å². The van der Waals surface area contributed by atoms with E-state index in [0.29, 0.717) is 13.2 Å². The number of hydrogen-bond acceptors (Lipinski definition) is 3. The van der Waals surface area contributed by atoms with Gasteiger partial charge in [0.2, 0.25) is 5.91 Å². The Bertz CT molecular complexity index is 209. The molecular weight excluding hydrogens is 225 g/mol. The average molecular weight is 242 g/mol. The van der Waals surface area contributed by atoms with Crippen LogP contribution in [0.4, 0.5) is 13.2 Å². The summed E-state index contributed by atoms with van der Waals surface area (Å²) in [7, 11) is 1.50. The Balaban J connectivity index is 3.59. The quantitative estimate of drug-likeness (QED) is 0.645. The molecule has 1 amide bonds. The normalized spacial score (nSPS) is 13.6. The zero-order chi connectivity index (χ0) is 12.6. The molecule has 0 radical (unpaired) electrons. The maximum Gasteiger partial charge on any atom is 0.390 e. The summed E-state index contributed by atoms with van der Waals surface area (Å²) in [6.45, 7) is 1.99. The fourth-order valence-corrected chi connectivity index (χ4v) is 1.04. The second-order valence-corrected chi connectivity index (χ2v) is 3.44. The molecule has 0 rings (SSSR count). The minimum absolute atomic E-state index is 0.124. The maximum absolute atomic E-state index is 11.9. The Hall–Kier alpha value is -0.820. The highest BCUT2D eigenvalue weighted by atomic mass is 19.4. The van der Waals surface area contributed by atoms with Gasteiger partial charge in [-0.1, -0.05) is 0 Å². The number of rotatable bonds is 7. The van der Waals surface area contributed by atoms with Gasteiger partial charge in [-0.3, -0.25) is 4.79 Å². The minimum Gasteiger partial charge on any atom is -0.383 e. The molecule has 0 aromatic rings. The molecular formula is C9H17F3N2O2. The number of carbonyl (C=O) groups is 1. The molecule has 0 heterocycles. The largest absolute Gasteiger partial charge is 0.390 e. The van der Waals surface area contributed by atoms with Crippen molar-refractivity contribution in [3.8, 4) is 0 Å². The van der Waals surface area contributed by atoms with Crippen LogP contribution in [-0.2, 0) is 9.53 Å². The third-order valence-corrected chi connectivity index (χ3v) is 1.78. The number of ether oxygens (including phenoxy) is 1. The van der Waals surface area contributed by atoms with Crippen molar-refractivity contribution >= 4 is 5.91 Å². The van der Waals surface area contributed by atoms with Crippen LogP contribution in [0.1, 0.15) is 13.3 Å². The van der Waals surface area contributed by atoms with Crippen molar-refractivity contribution in [3.63, 3.8) is 0 Å². The van der Waals surface area contributed by atoms with Crippen molar-refractivity contribution in [1.29, 1.82) is 0 Å². The molecule has 16 heavy (non-hydrogen) atoms. The van der Waals surface area contributed by atoms with E-state index in [4.69, 9.17) is 4.74 Å². The van der Waals surface area contributed by atoms with Crippen LogP contribution >= 0.6 is 0 Å². The van der Waals surface area contributed by atoms with Crippen molar-refractivity contribution in [3.05, 3.63) is 0 Å². The van der Waals surface area contributed by atoms with Crippen molar-refractivity contribution in [2.75, 3.05) is 26.8 Å². The Labute approximate surface area is 92.5 Å². The Kier molecular flexibility index (Phi) is 7.07. The number of nitrogens with one attached hydrogen (secondary N) is 2. The highest BCUT2D eigenvalue weighted by Crippen LogP contribution is 2.20. The third kappa shape index (κ3) is 9.72. The van der Waals surface area contributed by atoms with Gasteiger partial charge in [0, 0.05) is 19.7 Å². The first-order chi connectivity index (χ1) is 7.35. The fourth-order valence-electron chi connectivity index (χ4n) is 1.04. The van der Waals surface area contributed by atoms with Crippen LogP contribution < -0.4 is 10.6 Å². The lowest BCUT2D eigenvalue weighted by atomic mass is 10.2. The second kappa shape index (κ2) is 7.45. The molecule has 0 aromatic carbocycles. The van der Waals surface area contributed by atoms with E-state index >= 15 is 0 Å². The fraction of sp³-hybridized carbons (Fsp3) is 0.889. The van der Waals surface area contributed by atoms with Crippen LogP contribution in [0.5, 0.6) is 0 Å². The summed E-state index contributed by atoms with van der Waals surface area (Å²) in [5, 5.41) is 4.99. The lowest BCUT2D eigenvalue weighted by Crippen LogP contribution is -2.40. The van der Waals surface area contributed by atoms with E-state index < -0.39 is 18.6 Å². The molecule has 1 unspecified atom stereocenters. The van der Waals surface area contributed by atoms with Gasteiger partial charge in [-0.2, -0.15) is 13.2 Å². The lowest BCUT2D eigenvalue weighted by Gasteiger charge is -2.15.